The second-order valence-corrected chi connectivity index (χ2v) is 8.00. The third kappa shape index (κ3) is 3.86. The first-order valence-corrected chi connectivity index (χ1v) is 10.4. The molecule has 0 fully saturated rings. The SMILES string of the molecule is CCOc1ccc(-c2c(C)sc3ncnc(Nc4cc(Cl)ccc4OC)c23)cc1. The quantitative estimate of drug-likeness (QED) is 0.383. The summed E-state index contributed by atoms with van der Waals surface area (Å²) in [5, 5.41) is 4.97. The lowest BCUT2D eigenvalue weighted by Gasteiger charge is -2.13. The Morgan fingerprint density at radius 2 is 1.90 bits per heavy atom. The highest BCUT2D eigenvalue weighted by Gasteiger charge is 2.18. The topological polar surface area (TPSA) is 56.3 Å². The molecule has 0 bridgehead atoms. The molecule has 0 aliphatic rings. The van der Waals surface area contributed by atoms with Gasteiger partial charge in [-0.1, -0.05) is 23.7 Å². The lowest BCUT2D eigenvalue weighted by atomic mass is 10.0. The number of hydrogen-bond acceptors (Lipinski definition) is 6. The third-order valence-electron chi connectivity index (χ3n) is 4.53. The molecule has 0 unspecified atom stereocenters. The first-order chi connectivity index (χ1) is 14.1. The van der Waals surface area contributed by atoms with Gasteiger partial charge >= 0.3 is 0 Å². The molecule has 0 radical (unpaired) electrons. The summed E-state index contributed by atoms with van der Waals surface area (Å²) in [6, 6.07) is 13.5. The number of fused-ring (bicyclic) bond motifs is 1. The molecule has 5 nitrogen and oxygen atoms in total. The average molecular weight is 426 g/mol. The van der Waals surface area contributed by atoms with Gasteiger partial charge in [-0.05, 0) is 49.7 Å². The van der Waals surface area contributed by atoms with Crippen LogP contribution in [0.4, 0.5) is 11.5 Å². The highest BCUT2D eigenvalue weighted by atomic mass is 35.5. The van der Waals surface area contributed by atoms with Crippen LogP contribution < -0.4 is 14.8 Å². The van der Waals surface area contributed by atoms with Crippen LogP contribution in [0.5, 0.6) is 11.5 Å². The fourth-order valence-corrected chi connectivity index (χ4v) is 4.46. The van der Waals surface area contributed by atoms with Crippen molar-refractivity contribution in [2.45, 2.75) is 13.8 Å². The summed E-state index contributed by atoms with van der Waals surface area (Å²) in [4.78, 5) is 11.1. The number of nitrogens with one attached hydrogen (secondary N) is 1. The first-order valence-electron chi connectivity index (χ1n) is 9.18. The van der Waals surface area contributed by atoms with Crippen LogP contribution in [0.15, 0.2) is 48.8 Å². The van der Waals surface area contributed by atoms with Gasteiger partial charge in [0.15, 0.2) is 0 Å². The summed E-state index contributed by atoms with van der Waals surface area (Å²) >= 11 is 7.84. The molecule has 4 rings (SSSR count). The van der Waals surface area contributed by atoms with Crippen LogP contribution in [0.1, 0.15) is 11.8 Å². The van der Waals surface area contributed by atoms with Gasteiger partial charge in [0.25, 0.3) is 0 Å². The van der Waals surface area contributed by atoms with Gasteiger partial charge in [-0.3, -0.25) is 0 Å². The Kier molecular flexibility index (Phi) is 5.56. The molecule has 0 spiro atoms. The largest absolute Gasteiger partial charge is 0.495 e. The van der Waals surface area contributed by atoms with Crippen LogP contribution in [-0.2, 0) is 0 Å². The van der Waals surface area contributed by atoms with Gasteiger partial charge in [0.1, 0.15) is 28.5 Å². The highest BCUT2D eigenvalue weighted by molar-refractivity contribution is 7.19. The van der Waals surface area contributed by atoms with Crippen LogP contribution in [0.25, 0.3) is 21.3 Å². The van der Waals surface area contributed by atoms with E-state index in [1.165, 1.54) is 4.88 Å². The van der Waals surface area contributed by atoms with E-state index in [1.54, 1.807) is 30.8 Å². The van der Waals surface area contributed by atoms with Gasteiger partial charge in [0.05, 0.1) is 24.8 Å². The number of hydrogen-bond donors (Lipinski definition) is 1. The Hall–Kier alpha value is -2.83. The molecule has 0 aliphatic carbocycles. The number of aromatic nitrogens is 2. The molecule has 2 heterocycles. The summed E-state index contributed by atoms with van der Waals surface area (Å²) in [5.41, 5.74) is 2.95. The number of aryl methyl sites for hydroxylation is 1. The zero-order valence-corrected chi connectivity index (χ0v) is 17.9. The average Bonchev–Trinajstić information content (AvgIpc) is 3.06. The summed E-state index contributed by atoms with van der Waals surface area (Å²) in [6.45, 7) is 4.72. The lowest BCUT2D eigenvalue weighted by Crippen LogP contribution is -1.98. The molecule has 4 aromatic rings. The number of ether oxygens (including phenoxy) is 2. The van der Waals surface area contributed by atoms with Crippen LogP contribution in [-0.4, -0.2) is 23.7 Å². The molecule has 148 valence electrons. The number of halogens is 1. The Balaban J connectivity index is 1.83. The van der Waals surface area contributed by atoms with E-state index in [0.29, 0.717) is 23.2 Å². The third-order valence-corrected chi connectivity index (χ3v) is 5.78. The van der Waals surface area contributed by atoms with Gasteiger partial charge < -0.3 is 14.8 Å². The van der Waals surface area contributed by atoms with Gasteiger partial charge in [-0.25, -0.2) is 9.97 Å². The summed E-state index contributed by atoms with van der Waals surface area (Å²) < 4.78 is 11.0. The minimum absolute atomic E-state index is 0.617. The molecule has 2 aromatic carbocycles. The normalized spacial score (nSPS) is 10.9. The van der Waals surface area contributed by atoms with Crippen molar-refractivity contribution in [1.29, 1.82) is 0 Å². The van der Waals surface area contributed by atoms with E-state index in [-0.39, 0.29) is 0 Å². The van der Waals surface area contributed by atoms with Crippen molar-refractivity contribution in [1.82, 2.24) is 9.97 Å². The molecule has 0 aliphatic heterocycles. The van der Waals surface area contributed by atoms with Gasteiger partial charge in [-0.15, -0.1) is 11.3 Å². The molecule has 0 saturated carbocycles. The second-order valence-electron chi connectivity index (χ2n) is 6.36. The van der Waals surface area contributed by atoms with Crippen molar-refractivity contribution in [3.63, 3.8) is 0 Å². The lowest BCUT2D eigenvalue weighted by molar-refractivity contribution is 0.340. The molecular formula is C22H20ClN3O2S. The molecule has 7 heteroatoms. The van der Waals surface area contributed by atoms with Gasteiger partial charge in [0.2, 0.25) is 0 Å². The van der Waals surface area contributed by atoms with Crippen molar-refractivity contribution in [2.75, 3.05) is 19.0 Å². The number of thiophene rings is 1. The number of methoxy groups -OCH3 is 1. The van der Waals surface area contributed by atoms with E-state index < -0.39 is 0 Å². The Labute approximate surface area is 178 Å². The zero-order valence-electron chi connectivity index (χ0n) is 16.3. The standard InChI is InChI=1S/C22H20ClN3O2S/c1-4-28-16-8-5-14(6-9-16)19-13(2)29-22-20(19)21(24-12-25-22)26-17-11-15(23)7-10-18(17)27-3/h5-12H,4H2,1-3H3,(H,24,25,26). The molecule has 0 atom stereocenters. The Bertz CT molecular complexity index is 1160. The van der Waals surface area contributed by atoms with Crippen LogP contribution in [0.3, 0.4) is 0 Å². The van der Waals surface area contributed by atoms with Crippen molar-refractivity contribution in [3.05, 3.63) is 58.7 Å². The Morgan fingerprint density at radius 3 is 2.62 bits per heavy atom. The van der Waals surface area contributed by atoms with E-state index in [2.05, 4.69) is 34.3 Å². The van der Waals surface area contributed by atoms with Crippen molar-refractivity contribution in [2.24, 2.45) is 0 Å². The van der Waals surface area contributed by atoms with Crippen LogP contribution in [0, 0.1) is 6.92 Å². The smallest absolute Gasteiger partial charge is 0.143 e. The molecule has 1 N–H and O–H groups in total. The molecule has 0 saturated heterocycles. The molecule has 29 heavy (non-hydrogen) atoms. The number of nitrogens with zero attached hydrogens (tertiary/aromatic N) is 2. The van der Waals surface area contributed by atoms with E-state index in [9.17, 15) is 0 Å². The maximum atomic E-state index is 6.19. The maximum absolute atomic E-state index is 6.19. The molecule has 0 amide bonds. The Morgan fingerprint density at radius 1 is 1.10 bits per heavy atom. The summed E-state index contributed by atoms with van der Waals surface area (Å²) in [7, 11) is 1.63. The van der Waals surface area contributed by atoms with Gasteiger partial charge in [0, 0.05) is 15.5 Å². The molecule has 2 aromatic heterocycles. The highest BCUT2D eigenvalue weighted by Crippen LogP contribution is 2.42. The summed E-state index contributed by atoms with van der Waals surface area (Å²) in [6.07, 6.45) is 1.57. The fraction of sp³-hybridized carbons (Fsp3) is 0.182. The fourth-order valence-electron chi connectivity index (χ4n) is 3.28. The minimum atomic E-state index is 0.617. The van der Waals surface area contributed by atoms with Crippen LogP contribution >= 0.6 is 22.9 Å². The number of anilines is 2. The summed E-state index contributed by atoms with van der Waals surface area (Å²) in [5.74, 6) is 2.26. The van der Waals surface area contributed by atoms with E-state index in [1.807, 2.05) is 31.2 Å². The van der Waals surface area contributed by atoms with E-state index in [4.69, 9.17) is 21.1 Å². The zero-order chi connectivity index (χ0) is 20.4. The monoisotopic (exact) mass is 425 g/mol. The molecular weight excluding hydrogens is 406 g/mol. The van der Waals surface area contributed by atoms with E-state index in [0.717, 1.165) is 32.8 Å². The minimum Gasteiger partial charge on any atom is -0.495 e. The number of benzene rings is 2. The van der Waals surface area contributed by atoms with Crippen LogP contribution in [0.2, 0.25) is 5.02 Å². The second kappa shape index (κ2) is 8.27. The predicted octanol–water partition coefficient (Wildman–Crippen LogP) is 6.47. The van der Waals surface area contributed by atoms with E-state index >= 15 is 0 Å². The van der Waals surface area contributed by atoms with Crippen molar-refractivity contribution in [3.8, 4) is 22.6 Å². The van der Waals surface area contributed by atoms with Gasteiger partial charge in [-0.2, -0.15) is 0 Å². The van der Waals surface area contributed by atoms with Crippen molar-refractivity contribution < 1.29 is 9.47 Å². The first kappa shape index (κ1) is 19.5. The predicted molar refractivity (Wildman–Crippen MR) is 120 cm³/mol. The number of rotatable bonds is 6. The maximum Gasteiger partial charge on any atom is 0.143 e. The van der Waals surface area contributed by atoms with Crippen molar-refractivity contribution >= 4 is 44.7 Å².